The van der Waals surface area contributed by atoms with E-state index in [0.717, 1.165) is 37.2 Å². The van der Waals surface area contributed by atoms with Crippen molar-refractivity contribution in [3.8, 4) is 0 Å². The maximum Gasteiger partial charge on any atom is 0.333 e. The first-order valence-electron chi connectivity index (χ1n) is 6.83. The summed E-state index contributed by atoms with van der Waals surface area (Å²) < 4.78 is 0. The van der Waals surface area contributed by atoms with Crippen LogP contribution in [0, 0.1) is 0 Å². The fourth-order valence-electron chi connectivity index (χ4n) is 2.18. The molecule has 1 aromatic carbocycles. The molecule has 0 spiro atoms. The zero-order valence-electron chi connectivity index (χ0n) is 11.4. The molecule has 1 fully saturated rings. The molecule has 0 aliphatic carbocycles. The summed E-state index contributed by atoms with van der Waals surface area (Å²) in [6.07, 6.45) is 3.53. The number of anilines is 1. The summed E-state index contributed by atoms with van der Waals surface area (Å²) >= 11 is 0. The largest absolute Gasteiger partial charge is 0.333 e. The molecule has 4 N–H and O–H groups in total. The highest BCUT2D eigenvalue weighted by Gasteiger charge is 2.12. The molecule has 19 heavy (non-hydrogen) atoms. The molecule has 104 valence electrons. The van der Waals surface area contributed by atoms with Crippen LogP contribution in [0.1, 0.15) is 37.8 Å². The van der Waals surface area contributed by atoms with Gasteiger partial charge < -0.3 is 11.1 Å². The molecule has 2 amide bonds. The molecule has 1 unspecified atom stereocenters. The minimum atomic E-state index is -0.185. The molecule has 2 rings (SSSR count). The molecule has 1 aliphatic heterocycles. The van der Waals surface area contributed by atoms with Gasteiger partial charge in [-0.2, -0.15) is 0 Å². The number of nitrogens with one attached hydrogen (secondary N) is 2. The van der Waals surface area contributed by atoms with Crippen molar-refractivity contribution in [2.24, 2.45) is 5.73 Å². The van der Waals surface area contributed by atoms with Crippen molar-refractivity contribution < 1.29 is 4.79 Å². The number of hydrogen-bond donors (Lipinski definition) is 3. The second-order valence-electron chi connectivity index (χ2n) is 5.02. The summed E-state index contributed by atoms with van der Waals surface area (Å²) in [5.74, 6) is 0. The van der Waals surface area contributed by atoms with Gasteiger partial charge in [0.1, 0.15) is 0 Å². The van der Waals surface area contributed by atoms with E-state index in [4.69, 9.17) is 5.73 Å². The fraction of sp³-hybridized carbons (Fsp3) is 0.500. The lowest BCUT2D eigenvalue weighted by atomic mass is 10.1. The van der Waals surface area contributed by atoms with Crippen molar-refractivity contribution >= 4 is 11.7 Å². The Kier molecular flexibility index (Phi) is 4.76. The van der Waals surface area contributed by atoms with Crippen LogP contribution in [0.15, 0.2) is 24.3 Å². The third-order valence-corrected chi connectivity index (χ3v) is 3.31. The molecule has 0 bridgehead atoms. The molecule has 0 saturated carbocycles. The SMILES string of the molecule is CC(N)c1ccc(NC(=O)NN2CCCCC2)cc1. The number of piperidine rings is 1. The molecule has 5 heteroatoms. The summed E-state index contributed by atoms with van der Waals surface area (Å²) in [7, 11) is 0. The Balaban J connectivity index is 1.84. The summed E-state index contributed by atoms with van der Waals surface area (Å²) in [4.78, 5) is 11.8. The summed E-state index contributed by atoms with van der Waals surface area (Å²) in [6.45, 7) is 3.79. The van der Waals surface area contributed by atoms with Crippen LogP contribution in [0.25, 0.3) is 0 Å². The Bertz CT molecular complexity index is 410. The molecule has 5 nitrogen and oxygen atoms in total. The lowest BCUT2D eigenvalue weighted by Crippen LogP contribution is -2.46. The maximum atomic E-state index is 11.8. The minimum Gasteiger partial charge on any atom is -0.324 e. The first-order valence-corrected chi connectivity index (χ1v) is 6.83. The van der Waals surface area contributed by atoms with E-state index in [2.05, 4.69) is 10.7 Å². The van der Waals surface area contributed by atoms with Gasteiger partial charge in [-0.1, -0.05) is 18.6 Å². The Morgan fingerprint density at radius 3 is 2.42 bits per heavy atom. The highest BCUT2D eigenvalue weighted by Crippen LogP contribution is 2.14. The van der Waals surface area contributed by atoms with Gasteiger partial charge in [0.2, 0.25) is 0 Å². The molecule has 1 atom stereocenters. The molecular formula is C14H22N4O. The molecule has 0 aromatic heterocycles. The molecule has 0 radical (unpaired) electrons. The van der Waals surface area contributed by atoms with Crippen molar-refractivity contribution in [1.29, 1.82) is 0 Å². The van der Waals surface area contributed by atoms with E-state index in [1.54, 1.807) is 0 Å². The zero-order chi connectivity index (χ0) is 13.7. The molecule has 1 aliphatic rings. The zero-order valence-corrected chi connectivity index (χ0v) is 11.4. The van der Waals surface area contributed by atoms with Gasteiger partial charge in [0.05, 0.1) is 0 Å². The number of hydrogen-bond acceptors (Lipinski definition) is 3. The summed E-state index contributed by atoms with van der Waals surface area (Å²) in [5.41, 5.74) is 10.5. The smallest absolute Gasteiger partial charge is 0.324 e. The van der Waals surface area contributed by atoms with E-state index in [1.165, 1.54) is 6.42 Å². The van der Waals surface area contributed by atoms with E-state index in [-0.39, 0.29) is 12.1 Å². The number of carbonyl (C=O) groups excluding carboxylic acids is 1. The molecule has 1 aromatic rings. The highest BCUT2D eigenvalue weighted by atomic mass is 16.2. The van der Waals surface area contributed by atoms with Crippen LogP contribution in [0.4, 0.5) is 10.5 Å². The number of amides is 2. The third kappa shape index (κ3) is 4.22. The van der Waals surface area contributed by atoms with Gasteiger partial charge in [-0.15, -0.1) is 0 Å². The van der Waals surface area contributed by atoms with Gasteiger partial charge in [0.25, 0.3) is 0 Å². The van der Waals surface area contributed by atoms with E-state index >= 15 is 0 Å². The van der Waals surface area contributed by atoms with Gasteiger partial charge in [0, 0.05) is 24.8 Å². The number of nitrogens with zero attached hydrogens (tertiary/aromatic N) is 1. The van der Waals surface area contributed by atoms with Gasteiger partial charge in [0.15, 0.2) is 0 Å². The lowest BCUT2D eigenvalue weighted by Gasteiger charge is -2.26. The number of urea groups is 1. The van der Waals surface area contributed by atoms with E-state index in [1.807, 2.05) is 36.2 Å². The Morgan fingerprint density at radius 1 is 1.21 bits per heavy atom. The first-order chi connectivity index (χ1) is 9.15. The predicted molar refractivity (Wildman–Crippen MR) is 76.6 cm³/mol. The van der Waals surface area contributed by atoms with Gasteiger partial charge in [-0.3, -0.25) is 5.43 Å². The molecule has 1 heterocycles. The summed E-state index contributed by atoms with van der Waals surface area (Å²) in [5, 5.41) is 4.79. The number of rotatable bonds is 3. The van der Waals surface area contributed by atoms with E-state index in [9.17, 15) is 4.79 Å². The Labute approximate surface area is 114 Å². The van der Waals surface area contributed by atoms with Gasteiger partial charge in [-0.05, 0) is 37.5 Å². The fourth-order valence-corrected chi connectivity index (χ4v) is 2.18. The van der Waals surface area contributed by atoms with Crippen LogP contribution in [0.3, 0.4) is 0 Å². The number of hydrazine groups is 1. The molecular weight excluding hydrogens is 240 g/mol. The quantitative estimate of drug-likeness (QED) is 0.782. The van der Waals surface area contributed by atoms with E-state index in [0.29, 0.717) is 0 Å². The lowest BCUT2D eigenvalue weighted by molar-refractivity contribution is 0.162. The highest BCUT2D eigenvalue weighted by molar-refractivity contribution is 5.88. The average molecular weight is 262 g/mol. The standard InChI is InChI=1S/C14H22N4O/c1-11(15)12-5-7-13(8-6-12)16-14(19)17-18-9-3-2-4-10-18/h5-8,11H,2-4,9-10,15H2,1H3,(H2,16,17,19). The first kappa shape index (κ1) is 13.8. The van der Waals surface area contributed by atoms with Gasteiger partial charge >= 0.3 is 6.03 Å². The van der Waals surface area contributed by atoms with Crippen molar-refractivity contribution in [1.82, 2.24) is 10.4 Å². The van der Waals surface area contributed by atoms with Crippen LogP contribution >= 0.6 is 0 Å². The van der Waals surface area contributed by atoms with Crippen molar-refractivity contribution in [2.75, 3.05) is 18.4 Å². The van der Waals surface area contributed by atoms with Crippen molar-refractivity contribution in [3.63, 3.8) is 0 Å². The number of carbonyl (C=O) groups is 1. The maximum absolute atomic E-state index is 11.8. The molecule has 1 saturated heterocycles. The minimum absolute atomic E-state index is 0.0104. The Hall–Kier alpha value is -1.59. The second-order valence-corrected chi connectivity index (χ2v) is 5.02. The van der Waals surface area contributed by atoms with Crippen LogP contribution in [-0.4, -0.2) is 24.1 Å². The van der Waals surface area contributed by atoms with Crippen LogP contribution in [0.5, 0.6) is 0 Å². The van der Waals surface area contributed by atoms with Crippen LogP contribution in [0.2, 0.25) is 0 Å². The topological polar surface area (TPSA) is 70.4 Å². The summed E-state index contributed by atoms with van der Waals surface area (Å²) in [6, 6.07) is 7.43. The van der Waals surface area contributed by atoms with E-state index < -0.39 is 0 Å². The number of benzene rings is 1. The van der Waals surface area contributed by atoms with Crippen LogP contribution in [-0.2, 0) is 0 Å². The van der Waals surface area contributed by atoms with Crippen molar-refractivity contribution in [2.45, 2.75) is 32.2 Å². The monoisotopic (exact) mass is 262 g/mol. The van der Waals surface area contributed by atoms with Gasteiger partial charge in [-0.25, -0.2) is 9.80 Å². The third-order valence-electron chi connectivity index (χ3n) is 3.31. The predicted octanol–water partition coefficient (Wildman–Crippen LogP) is 2.23. The number of nitrogens with two attached hydrogens (primary N) is 1. The van der Waals surface area contributed by atoms with Crippen LogP contribution < -0.4 is 16.5 Å². The average Bonchev–Trinajstić information content (AvgIpc) is 2.40. The second kappa shape index (κ2) is 6.54. The Morgan fingerprint density at radius 2 is 1.84 bits per heavy atom. The van der Waals surface area contributed by atoms with Crippen molar-refractivity contribution in [3.05, 3.63) is 29.8 Å². The normalized spacial score (nSPS) is 17.8.